The Morgan fingerprint density at radius 1 is 0.889 bits per heavy atom. The molecule has 0 spiro atoms. The van der Waals surface area contributed by atoms with Gasteiger partial charge in [0.05, 0.1) is 12.6 Å². The summed E-state index contributed by atoms with van der Waals surface area (Å²) in [5, 5.41) is 2.24. The summed E-state index contributed by atoms with van der Waals surface area (Å²) in [6.07, 6.45) is 1.80. The number of aliphatic imine (C=N–C) groups is 1. The Balaban J connectivity index is 0.00000267. The third-order valence-electron chi connectivity index (χ3n) is 6.30. The molecule has 6 heteroatoms. The third kappa shape index (κ3) is 4.44. The van der Waals surface area contributed by atoms with Gasteiger partial charge in [-0.15, -0.1) is 35.7 Å². The summed E-state index contributed by atoms with van der Waals surface area (Å²) in [6.45, 7) is 7.10. The van der Waals surface area contributed by atoms with Gasteiger partial charge in [0, 0.05) is 23.2 Å². The van der Waals surface area contributed by atoms with Crippen LogP contribution < -0.4 is 4.74 Å². The van der Waals surface area contributed by atoms with Gasteiger partial charge in [0.25, 0.3) is 0 Å². The molecule has 1 aliphatic heterocycles. The van der Waals surface area contributed by atoms with Crippen LogP contribution in [0.5, 0.6) is 11.5 Å². The first kappa shape index (κ1) is 24.3. The Kier molecular flexibility index (Phi) is 6.44. The molecule has 0 saturated carbocycles. The van der Waals surface area contributed by atoms with Crippen LogP contribution >= 0.6 is 0 Å². The van der Waals surface area contributed by atoms with Gasteiger partial charge >= 0.3 is 21.1 Å². The van der Waals surface area contributed by atoms with Gasteiger partial charge in [-0.1, -0.05) is 62.2 Å². The van der Waals surface area contributed by atoms with E-state index in [2.05, 4.69) is 60.7 Å². The second kappa shape index (κ2) is 9.55. The number of hydrogen-bond acceptors (Lipinski definition) is 4. The largest absolute Gasteiger partial charge is 2.00 e. The molecule has 0 radical (unpaired) electrons. The smallest absolute Gasteiger partial charge is 0.518 e. The van der Waals surface area contributed by atoms with Crippen molar-refractivity contribution < 1.29 is 30.5 Å². The first-order valence-electron chi connectivity index (χ1n) is 11.8. The fourth-order valence-corrected chi connectivity index (χ4v) is 4.37. The van der Waals surface area contributed by atoms with Crippen molar-refractivity contribution in [2.24, 2.45) is 10.4 Å². The maximum absolute atomic E-state index is 6.21. The summed E-state index contributed by atoms with van der Waals surface area (Å²) in [7, 11) is 0. The van der Waals surface area contributed by atoms with E-state index in [4.69, 9.17) is 14.5 Å². The van der Waals surface area contributed by atoms with Crippen LogP contribution in [0.4, 0.5) is 0 Å². The van der Waals surface area contributed by atoms with E-state index in [0.29, 0.717) is 24.0 Å². The molecule has 5 aromatic rings. The second-order valence-corrected chi connectivity index (χ2v) is 9.78. The van der Waals surface area contributed by atoms with Crippen LogP contribution in [0.25, 0.3) is 27.6 Å². The first-order valence-corrected chi connectivity index (χ1v) is 11.8. The van der Waals surface area contributed by atoms with Gasteiger partial charge in [-0.2, -0.15) is 6.07 Å². The van der Waals surface area contributed by atoms with Gasteiger partial charge in [0.1, 0.15) is 11.7 Å². The number of hydrogen-bond donors (Lipinski definition) is 0. The molecule has 0 saturated heterocycles. The predicted molar refractivity (Wildman–Crippen MR) is 138 cm³/mol. The van der Waals surface area contributed by atoms with Gasteiger partial charge < -0.3 is 14.0 Å². The van der Waals surface area contributed by atoms with Crippen LogP contribution in [0.3, 0.4) is 0 Å². The van der Waals surface area contributed by atoms with Gasteiger partial charge in [-0.3, -0.25) is 4.99 Å². The first-order chi connectivity index (χ1) is 17.0. The van der Waals surface area contributed by atoms with E-state index in [-0.39, 0.29) is 32.5 Å². The number of para-hydroxylation sites is 1. The Morgan fingerprint density at radius 2 is 1.69 bits per heavy atom. The predicted octanol–water partition coefficient (Wildman–Crippen LogP) is 6.76. The molecule has 0 amide bonds. The van der Waals surface area contributed by atoms with Crippen LogP contribution in [0, 0.1) is 17.5 Å². The Labute approximate surface area is 225 Å². The number of rotatable bonds is 4. The van der Waals surface area contributed by atoms with Crippen molar-refractivity contribution in [2.45, 2.75) is 26.8 Å². The van der Waals surface area contributed by atoms with Crippen LogP contribution in [0.2, 0.25) is 0 Å². The molecule has 0 aliphatic carbocycles. The summed E-state index contributed by atoms with van der Waals surface area (Å²) in [4.78, 5) is 9.36. The van der Waals surface area contributed by atoms with E-state index >= 15 is 0 Å². The molecule has 6 rings (SSSR count). The van der Waals surface area contributed by atoms with E-state index in [9.17, 15) is 0 Å². The van der Waals surface area contributed by atoms with E-state index in [1.165, 1.54) is 0 Å². The molecule has 2 aromatic heterocycles. The van der Waals surface area contributed by atoms with Gasteiger partial charge in [0.2, 0.25) is 0 Å². The maximum atomic E-state index is 6.21. The quantitative estimate of drug-likeness (QED) is 0.201. The third-order valence-corrected chi connectivity index (χ3v) is 6.30. The van der Waals surface area contributed by atoms with Crippen molar-refractivity contribution in [1.82, 2.24) is 9.55 Å². The maximum Gasteiger partial charge on any atom is 2.00 e. The van der Waals surface area contributed by atoms with E-state index in [1.807, 2.05) is 54.6 Å². The molecular formula is C30H25N3O2Pt. The van der Waals surface area contributed by atoms with Crippen LogP contribution in [-0.2, 0) is 25.8 Å². The van der Waals surface area contributed by atoms with E-state index in [0.717, 1.165) is 33.2 Å². The Morgan fingerprint density at radius 3 is 2.47 bits per heavy atom. The van der Waals surface area contributed by atoms with Crippen LogP contribution in [0.1, 0.15) is 26.3 Å². The number of fused-ring (bicyclic) bond motifs is 3. The molecule has 1 atom stereocenters. The van der Waals surface area contributed by atoms with Crippen molar-refractivity contribution >= 4 is 27.7 Å². The fraction of sp³-hybridized carbons (Fsp3) is 0.200. The zero-order chi connectivity index (χ0) is 24.0. The Bertz CT molecular complexity index is 1570. The number of benzene rings is 3. The average molecular weight is 655 g/mol. The summed E-state index contributed by atoms with van der Waals surface area (Å²) in [6, 6.07) is 30.9. The van der Waals surface area contributed by atoms with Crippen molar-refractivity contribution in [3.8, 4) is 17.3 Å². The molecule has 0 fully saturated rings. The summed E-state index contributed by atoms with van der Waals surface area (Å²) < 4.78 is 14.2. The molecule has 3 heterocycles. The van der Waals surface area contributed by atoms with Crippen molar-refractivity contribution in [1.29, 1.82) is 0 Å². The zero-order valence-electron chi connectivity index (χ0n) is 20.3. The molecule has 5 nitrogen and oxygen atoms in total. The minimum atomic E-state index is 0. The molecule has 0 unspecified atom stereocenters. The van der Waals surface area contributed by atoms with Crippen LogP contribution in [-0.4, -0.2) is 28.1 Å². The second-order valence-electron chi connectivity index (χ2n) is 9.78. The molecule has 3 aromatic carbocycles. The summed E-state index contributed by atoms with van der Waals surface area (Å²) in [5.74, 6) is 2.65. The van der Waals surface area contributed by atoms with Gasteiger partial charge in [-0.05, 0) is 29.0 Å². The number of nitrogens with zero attached hydrogens (tertiary/aromatic N) is 3. The number of ether oxygens (including phenoxy) is 2. The molecular weight excluding hydrogens is 629 g/mol. The molecule has 0 bridgehead atoms. The topological polar surface area (TPSA) is 48.6 Å². The SMILES string of the molecule is CC(C)(C)[C@H]1COC(c2[c-]c(Oc3[c-]c4c(cc3)c3ccccc3n4-c3ccccn3)ccc2)=N1.[Pt+2]. The van der Waals surface area contributed by atoms with Crippen molar-refractivity contribution in [2.75, 3.05) is 6.61 Å². The number of aromatic nitrogens is 2. The summed E-state index contributed by atoms with van der Waals surface area (Å²) >= 11 is 0. The van der Waals surface area contributed by atoms with Gasteiger partial charge in [-0.25, -0.2) is 4.98 Å². The van der Waals surface area contributed by atoms with Crippen molar-refractivity contribution in [3.63, 3.8) is 0 Å². The van der Waals surface area contributed by atoms with Crippen LogP contribution in [0.15, 0.2) is 84.0 Å². The van der Waals surface area contributed by atoms with Gasteiger partial charge in [0.15, 0.2) is 0 Å². The molecule has 1 aliphatic rings. The minimum Gasteiger partial charge on any atom is -0.518 e. The minimum absolute atomic E-state index is 0. The van der Waals surface area contributed by atoms with E-state index in [1.54, 1.807) is 6.20 Å². The van der Waals surface area contributed by atoms with E-state index < -0.39 is 0 Å². The average Bonchev–Trinajstić information content (AvgIpc) is 3.48. The molecule has 0 N–H and O–H groups in total. The zero-order valence-corrected chi connectivity index (χ0v) is 22.5. The summed E-state index contributed by atoms with van der Waals surface area (Å²) in [5.41, 5.74) is 2.83. The normalized spacial score (nSPS) is 15.4. The standard InChI is InChI=1S/C30H25N3O2.Pt/c1-30(2,3)27-19-34-29(32-27)20-9-8-10-21(17-20)35-22-14-15-24-23-11-4-5-12-25(23)33(26(24)18-22)28-13-6-7-16-31-28;/h4-16,27H,19H2,1-3H3;/q-2;+2/t27-;/m1./s1. The number of pyridine rings is 1. The monoisotopic (exact) mass is 654 g/mol. The Hall–Kier alpha value is -3.43. The molecule has 182 valence electrons. The molecule has 36 heavy (non-hydrogen) atoms. The van der Waals surface area contributed by atoms with Crippen molar-refractivity contribution in [3.05, 3.63) is 96.7 Å². The fourth-order valence-electron chi connectivity index (χ4n) is 4.37.